The molecule has 2 aromatic heterocycles. The second kappa shape index (κ2) is 6.45. The van der Waals surface area contributed by atoms with Crippen molar-refractivity contribution in [2.75, 3.05) is 6.54 Å². The molecule has 0 fully saturated rings. The zero-order chi connectivity index (χ0) is 14.4. The number of tetrazole rings is 1. The van der Waals surface area contributed by atoms with Gasteiger partial charge in [0.2, 0.25) is 11.7 Å². The first-order chi connectivity index (χ1) is 9.65. The zero-order valence-electron chi connectivity index (χ0n) is 10.5. The summed E-state index contributed by atoms with van der Waals surface area (Å²) in [5, 5.41) is 22.5. The first kappa shape index (κ1) is 13.7. The summed E-state index contributed by atoms with van der Waals surface area (Å²) in [5.41, 5.74) is 0. The molecule has 2 rings (SSSR count). The Bertz CT molecular complexity index is 577. The number of nitrogens with one attached hydrogen (secondary N) is 1. The highest BCUT2D eigenvalue weighted by molar-refractivity contribution is 5.75. The van der Waals surface area contributed by atoms with E-state index in [1.165, 1.54) is 6.26 Å². The maximum atomic E-state index is 11.5. The van der Waals surface area contributed by atoms with E-state index in [4.69, 9.17) is 9.52 Å². The number of carboxylic acids is 1. The van der Waals surface area contributed by atoms with Gasteiger partial charge in [-0.05, 0) is 23.8 Å². The number of carbonyl (C=O) groups is 2. The van der Waals surface area contributed by atoms with Gasteiger partial charge in [0.1, 0.15) is 6.54 Å². The van der Waals surface area contributed by atoms with Crippen LogP contribution in [0.15, 0.2) is 22.8 Å². The quantitative estimate of drug-likeness (QED) is 0.679. The Kier molecular flexibility index (Phi) is 4.43. The Hall–Kier alpha value is -2.71. The lowest BCUT2D eigenvalue weighted by molar-refractivity contribution is -0.137. The highest BCUT2D eigenvalue weighted by Gasteiger charge is 2.10. The molecule has 0 saturated heterocycles. The van der Waals surface area contributed by atoms with Crippen molar-refractivity contribution in [2.24, 2.45) is 0 Å². The van der Waals surface area contributed by atoms with E-state index in [2.05, 4.69) is 20.7 Å². The molecule has 0 atom stereocenters. The van der Waals surface area contributed by atoms with Gasteiger partial charge >= 0.3 is 5.97 Å². The van der Waals surface area contributed by atoms with Crippen molar-refractivity contribution >= 4 is 11.9 Å². The Morgan fingerprint density at radius 1 is 1.45 bits per heavy atom. The summed E-state index contributed by atoms with van der Waals surface area (Å²) < 4.78 is 5.11. The standard InChI is InChI=1S/C11H13N5O4/c17-9(12-5-1-4-10(18)19)7-16-14-11(13-15-16)8-3-2-6-20-8/h2-3,6H,1,4-5,7H2,(H,12,17)(H,18,19). The van der Waals surface area contributed by atoms with Gasteiger partial charge in [-0.2, -0.15) is 4.80 Å². The molecule has 0 unspecified atom stereocenters. The molecule has 20 heavy (non-hydrogen) atoms. The third-order valence-corrected chi connectivity index (χ3v) is 2.37. The van der Waals surface area contributed by atoms with Crippen LogP contribution in [0.2, 0.25) is 0 Å². The molecular formula is C11H13N5O4. The van der Waals surface area contributed by atoms with Gasteiger partial charge in [-0.1, -0.05) is 0 Å². The first-order valence-corrected chi connectivity index (χ1v) is 5.95. The third kappa shape index (κ3) is 3.90. The third-order valence-electron chi connectivity index (χ3n) is 2.37. The average molecular weight is 279 g/mol. The van der Waals surface area contributed by atoms with Crippen molar-refractivity contribution in [3.63, 3.8) is 0 Å². The summed E-state index contributed by atoms with van der Waals surface area (Å²) in [5.74, 6) is -0.425. The van der Waals surface area contributed by atoms with E-state index in [1.54, 1.807) is 12.1 Å². The fourth-order valence-corrected chi connectivity index (χ4v) is 1.47. The van der Waals surface area contributed by atoms with Crippen molar-refractivity contribution in [1.29, 1.82) is 0 Å². The molecule has 2 aromatic rings. The normalized spacial score (nSPS) is 10.4. The highest BCUT2D eigenvalue weighted by Crippen LogP contribution is 2.12. The fraction of sp³-hybridized carbons (Fsp3) is 0.364. The molecule has 0 bridgehead atoms. The van der Waals surface area contributed by atoms with Crippen LogP contribution in [0, 0.1) is 0 Å². The number of furan rings is 1. The molecule has 0 spiro atoms. The predicted octanol–water partition coefficient (Wildman–Crippen LogP) is -0.0859. The second-order valence-corrected chi connectivity index (χ2v) is 3.97. The van der Waals surface area contributed by atoms with Gasteiger partial charge in [-0.25, -0.2) is 0 Å². The minimum absolute atomic E-state index is 0.0184. The van der Waals surface area contributed by atoms with Gasteiger partial charge in [0.05, 0.1) is 6.26 Å². The number of aliphatic carboxylic acids is 1. The number of rotatable bonds is 7. The van der Waals surface area contributed by atoms with Crippen molar-refractivity contribution in [3.8, 4) is 11.6 Å². The molecule has 0 saturated carbocycles. The predicted molar refractivity (Wildman–Crippen MR) is 65.4 cm³/mol. The number of aromatic nitrogens is 4. The molecule has 9 heteroatoms. The van der Waals surface area contributed by atoms with Crippen molar-refractivity contribution in [3.05, 3.63) is 18.4 Å². The summed E-state index contributed by atoms with van der Waals surface area (Å²) >= 11 is 0. The minimum Gasteiger partial charge on any atom is -0.481 e. The van der Waals surface area contributed by atoms with Gasteiger partial charge < -0.3 is 14.8 Å². The van der Waals surface area contributed by atoms with Crippen LogP contribution in [0.1, 0.15) is 12.8 Å². The van der Waals surface area contributed by atoms with Crippen molar-refractivity contribution in [2.45, 2.75) is 19.4 Å². The molecule has 9 nitrogen and oxygen atoms in total. The van der Waals surface area contributed by atoms with E-state index in [0.29, 0.717) is 24.6 Å². The van der Waals surface area contributed by atoms with Gasteiger partial charge in [0.15, 0.2) is 5.76 Å². The molecular weight excluding hydrogens is 266 g/mol. The Labute approximate surface area is 113 Å². The highest BCUT2D eigenvalue weighted by atomic mass is 16.4. The molecule has 0 aliphatic carbocycles. The van der Waals surface area contributed by atoms with Crippen molar-refractivity contribution in [1.82, 2.24) is 25.5 Å². The maximum Gasteiger partial charge on any atom is 0.303 e. The Morgan fingerprint density at radius 2 is 2.30 bits per heavy atom. The fourth-order valence-electron chi connectivity index (χ4n) is 1.47. The van der Waals surface area contributed by atoms with Crippen LogP contribution < -0.4 is 5.32 Å². The van der Waals surface area contributed by atoms with E-state index in [-0.39, 0.29) is 18.9 Å². The van der Waals surface area contributed by atoms with Gasteiger partial charge in [0, 0.05) is 13.0 Å². The molecule has 1 amide bonds. The number of amides is 1. The SMILES string of the molecule is O=C(O)CCCNC(=O)Cn1nnc(-c2ccco2)n1. The lowest BCUT2D eigenvalue weighted by Gasteiger charge is -2.02. The number of hydrogen-bond acceptors (Lipinski definition) is 6. The topological polar surface area (TPSA) is 123 Å². The number of carbonyl (C=O) groups excluding carboxylic acids is 1. The van der Waals surface area contributed by atoms with Crippen LogP contribution >= 0.6 is 0 Å². The van der Waals surface area contributed by atoms with Crippen LogP contribution in [-0.2, 0) is 16.1 Å². The van der Waals surface area contributed by atoms with Crippen LogP contribution in [0.3, 0.4) is 0 Å². The smallest absolute Gasteiger partial charge is 0.303 e. The summed E-state index contributed by atoms with van der Waals surface area (Å²) in [6.45, 7) is 0.214. The molecule has 2 N–H and O–H groups in total. The lowest BCUT2D eigenvalue weighted by Crippen LogP contribution is -2.29. The van der Waals surface area contributed by atoms with Gasteiger partial charge in [-0.15, -0.1) is 10.2 Å². The van der Waals surface area contributed by atoms with Crippen LogP contribution in [-0.4, -0.2) is 43.7 Å². The number of nitrogens with zero attached hydrogens (tertiary/aromatic N) is 4. The van der Waals surface area contributed by atoms with E-state index >= 15 is 0 Å². The van der Waals surface area contributed by atoms with Crippen molar-refractivity contribution < 1.29 is 19.1 Å². The molecule has 106 valence electrons. The van der Waals surface area contributed by atoms with Crippen LogP contribution in [0.4, 0.5) is 0 Å². The van der Waals surface area contributed by atoms with E-state index in [1.807, 2.05) is 0 Å². The average Bonchev–Trinajstić information content (AvgIpc) is 3.04. The van der Waals surface area contributed by atoms with Gasteiger partial charge in [0.25, 0.3) is 0 Å². The zero-order valence-corrected chi connectivity index (χ0v) is 10.5. The molecule has 0 aromatic carbocycles. The minimum atomic E-state index is -0.889. The van der Waals surface area contributed by atoms with E-state index in [9.17, 15) is 9.59 Å². The molecule has 2 heterocycles. The maximum absolute atomic E-state index is 11.5. The lowest BCUT2D eigenvalue weighted by atomic mass is 10.3. The molecule has 0 aliphatic rings. The summed E-state index contributed by atoms with van der Waals surface area (Å²) in [6, 6.07) is 3.39. The summed E-state index contributed by atoms with van der Waals surface area (Å²) in [7, 11) is 0. The second-order valence-electron chi connectivity index (χ2n) is 3.97. The monoisotopic (exact) mass is 279 g/mol. The largest absolute Gasteiger partial charge is 0.481 e. The van der Waals surface area contributed by atoms with E-state index in [0.717, 1.165) is 4.80 Å². The summed E-state index contributed by atoms with van der Waals surface area (Å²) in [6.07, 6.45) is 1.89. The first-order valence-electron chi connectivity index (χ1n) is 5.95. The number of hydrogen-bond donors (Lipinski definition) is 2. The van der Waals surface area contributed by atoms with E-state index < -0.39 is 5.97 Å². The molecule has 0 aliphatic heterocycles. The Morgan fingerprint density at radius 3 is 3.00 bits per heavy atom. The number of carboxylic acid groups (broad SMARTS) is 1. The molecule has 0 radical (unpaired) electrons. The Balaban J connectivity index is 1.78. The van der Waals surface area contributed by atoms with Crippen LogP contribution in [0.5, 0.6) is 0 Å². The van der Waals surface area contributed by atoms with Crippen LogP contribution in [0.25, 0.3) is 11.6 Å². The van der Waals surface area contributed by atoms with Gasteiger partial charge in [-0.3, -0.25) is 9.59 Å². The summed E-state index contributed by atoms with van der Waals surface area (Å²) in [4.78, 5) is 23.0.